The molecule has 25 heavy (non-hydrogen) atoms. The Morgan fingerprint density at radius 3 is 2.68 bits per heavy atom. The van der Waals surface area contributed by atoms with Crippen LogP contribution < -0.4 is 10.6 Å². The van der Waals surface area contributed by atoms with Gasteiger partial charge in [0, 0.05) is 38.8 Å². The fourth-order valence-electron chi connectivity index (χ4n) is 3.90. The van der Waals surface area contributed by atoms with Gasteiger partial charge in [-0.15, -0.1) is 0 Å². The fourth-order valence-corrected chi connectivity index (χ4v) is 3.90. The first-order valence-electron chi connectivity index (χ1n) is 9.74. The predicted molar refractivity (Wildman–Crippen MR) is 101 cm³/mol. The number of piperidine rings is 1. The molecule has 3 rings (SSSR count). The zero-order chi connectivity index (χ0) is 17.5. The van der Waals surface area contributed by atoms with Crippen LogP contribution in [0.1, 0.15) is 31.7 Å². The number of hydrogen-bond acceptors (Lipinski definition) is 3. The average molecular weight is 345 g/mol. The van der Waals surface area contributed by atoms with E-state index in [-0.39, 0.29) is 12.1 Å². The summed E-state index contributed by atoms with van der Waals surface area (Å²) in [6, 6.07) is 11.1. The Hall–Kier alpha value is -1.59. The van der Waals surface area contributed by atoms with Crippen molar-refractivity contribution in [3.8, 4) is 0 Å². The molecule has 1 aromatic carbocycles. The molecule has 2 heterocycles. The van der Waals surface area contributed by atoms with E-state index >= 15 is 0 Å². The molecule has 1 atom stereocenters. The van der Waals surface area contributed by atoms with Gasteiger partial charge in [0.25, 0.3) is 0 Å². The van der Waals surface area contributed by atoms with E-state index < -0.39 is 0 Å². The molecule has 0 aliphatic carbocycles. The number of urea groups is 1. The minimum Gasteiger partial charge on any atom is -0.338 e. The maximum atomic E-state index is 12.3. The van der Waals surface area contributed by atoms with Crippen molar-refractivity contribution >= 4 is 6.03 Å². The molecule has 138 valence electrons. The maximum absolute atomic E-state index is 12.3. The lowest BCUT2D eigenvalue weighted by atomic mass is 9.93. The van der Waals surface area contributed by atoms with Crippen molar-refractivity contribution < 1.29 is 4.79 Å². The summed E-state index contributed by atoms with van der Waals surface area (Å²) in [4.78, 5) is 16.8. The van der Waals surface area contributed by atoms with Gasteiger partial charge in [-0.3, -0.25) is 4.90 Å². The Kier molecular flexibility index (Phi) is 6.70. The molecule has 5 nitrogen and oxygen atoms in total. The normalized spacial score (nSPS) is 22.8. The van der Waals surface area contributed by atoms with Crippen LogP contribution in [0.15, 0.2) is 30.3 Å². The van der Waals surface area contributed by atoms with Crippen molar-refractivity contribution in [2.45, 2.75) is 38.8 Å². The van der Waals surface area contributed by atoms with Gasteiger partial charge in [0.15, 0.2) is 0 Å². The van der Waals surface area contributed by atoms with Crippen LogP contribution in [0.25, 0.3) is 0 Å². The molecule has 2 N–H and O–H groups in total. The predicted octanol–water partition coefficient (Wildman–Crippen LogP) is 2.29. The van der Waals surface area contributed by atoms with Crippen molar-refractivity contribution in [1.29, 1.82) is 0 Å². The molecule has 0 aromatic heterocycles. The summed E-state index contributed by atoms with van der Waals surface area (Å²) in [6.45, 7) is 8.92. The van der Waals surface area contributed by atoms with Crippen molar-refractivity contribution in [3.05, 3.63) is 35.9 Å². The molecule has 2 aliphatic heterocycles. The standard InChI is InChI=1S/C20H32N4O/c1-17-15-21-11-14-24(17)20(25)22-10-7-18-8-12-23(13-9-18)16-19-5-3-2-4-6-19/h2-6,17-18,21H,7-16H2,1H3,(H,22,25). The highest BCUT2D eigenvalue weighted by atomic mass is 16.2. The number of amides is 2. The smallest absolute Gasteiger partial charge is 0.317 e. The van der Waals surface area contributed by atoms with Crippen LogP contribution in [-0.2, 0) is 6.54 Å². The highest BCUT2D eigenvalue weighted by Gasteiger charge is 2.23. The Bertz CT molecular complexity index is 528. The second-order valence-corrected chi connectivity index (χ2v) is 7.47. The number of nitrogens with one attached hydrogen (secondary N) is 2. The van der Waals surface area contributed by atoms with E-state index in [4.69, 9.17) is 0 Å². The number of hydrogen-bond donors (Lipinski definition) is 2. The summed E-state index contributed by atoms with van der Waals surface area (Å²) in [5.74, 6) is 0.743. The number of nitrogens with zero attached hydrogens (tertiary/aromatic N) is 2. The molecular formula is C20H32N4O. The zero-order valence-electron chi connectivity index (χ0n) is 15.4. The molecule has 2 amide bonds. The molecule has 1 unspecified atom stereocenters. The first-order valence-corrected chi connectivity index (χ1v) is 9.74. The van der Waals surface area contributed by atoms with Crippen LogP contribution in [0.4, 0.5) is 4.79 Å². The van der Waals surface area contributed by atoms with Crippen molar-refractivity contribution in [1.82, 2.24) is 20.4 Å². The SMILES string of the molecule is CC1CNCCN1C(=O)NCCC1CCN(Cc2ccccc2)CC1. The van der Waals surface area contributed by atoms with E-state index in [1.54, 1.807) is 0 Å². The first-order chi connectivity index (χ1) is 12.2. The third kappa shape index (κ3) is 5.44. The molecule has 0 bridgehead atoms. The number of benzene rings is 1. The molecular weight excluding hydrogens is 312 g/mol. The minimum atomic E-state index is 0.107. The van der Waals surface area contributed by atoms with Crippen molar-refractivity contribution in [2.75, 3.05) is 39.3 Å². The van der Waals surface area contributed by atoms with Crippen LogP contribution in [0.5, 0.6) is 0 Å². The van der Waals surface area contributed by atoms with Gasteiger partial charge in [-0.1, -0.05) is 30.3 Å². The molecule has 1 aromatic rings. The topological polar surface area (TPSA) is 47.6 Å². The van der Waals surface area contributed by atoms with Gasteiger partial charge >= 0.3 is 6.03 Å². The lowest BCUT2D eigenvalue weighted by Gasteiger charge is -2.34. The first kappa shape index (κ1) is 18.2. The summed E-state index contributed by atoms with van der Waals surface area (Å²) in [6.07, 6.45) is 3.59. The van der Waals surface area contributed by atoms with Gasteiger partial charge in [0.2, 0.25) is 0 Å². The van der Waals surface area contributed by atoms with Crippen LogP contribution in [0, 0.1) is 5.92 Å². The maximum Gasteiger partial charge on any atom is 0.317 e. The lowest BCUT2D eigenvalue weighted by molar-refractivity contribution is 0.158. The van der Waals surface area contributed by atoms with Crippen LogP contribution in [-0.4, -0.2) is 61.1 Å². The number of rotatable bonds is 5. The van der Waals surface area contributed by atoms with E-state index in [2.05, 4.69) is 52.8 Å². The van der Waals surface area contributed by atoms with Gasteiger partial charge in [0.05, 0.1) is 0 Å². The van der Waals surface area contributed by atoms with Gasteiger partial charge < -0.3 is 15.5 Å². The Morgan fingerprint density at radius 2 is 1.96 bits per heavy atom. The third-order valence-electron chi connectivity index (χ3n) is 5.55. The highest BCUT2D eigenvalue weighted by Crippen LogP contribution is 2.21. The van der Waals surface area contributed by atoms with E-state index in [0.29, 0.717) is 0 Å². The molecule has 2 fully saturated rings. The Balaban J connectivity index is 1.32. The summed E-state index contributed by atoms with van der Waals surface area (Å²) in [5.41, 5.74) is 1.40. The summed E-state index contributed by atoms with van der Waals surface area (Å²) in [7, 11) is 0. The quantitative estimate of drug-likeness (QED) is 0.862. The molecule has 0 spiro atoms. The number of piperazine rings is 1. The average Bonchev–Trinajstić information content (AvgIpc) is 2.64. The monoisotopic (exact) mass is 344 g/mol. The third-order valence-corrected chi connectivity index (χ3v) is 5.55. The van der Waals surface area contributed by atoms with Crippen LogP contribution in [0.3, 0.4) is 0 Å². The van der Waals surface area contributed by atoms with Crippen LogP contribution in [0.2, 0.25) is 0 Å². The second-order valence-electron chi connectivity index (χ2n) is 7.47. The van der Waals surface area contributed by atoms with Crippen LogP contribution >= 0.6 is 0 Å². The number of likely N-dealkylation sites (tertiary alicyclic amines) is 1. The Morgan fingerprint density at radius 1 is 1.20 bits per heavy atom. The van der Waals surface area contributed by atoms with Gasteiger partial charge in [-0.2, -0.15) is 0 Å². The van der Waals surface area contributed by atoms with E-state index in [9.17, 15) is 4.79 Å². The summed E-state index contributed by atoms with van der Waals surface area (Å²) < 4.78 is 0. The second kappa shape index (κ2) is 9.20. The van der Waals surface area contributed by atoms with E-state index in [1.807, 2.05) is 4.90 Å². The van der Waals surface area contributed by atoms with Crippen molar-refractivity contribution in [2.24, 2.45) is 5.92 Å². The van der Waals surface area contributed by atoms with Gasteiger partial charge in [0.1, 0.15) is 0 Å². The minimum absolute atomic E-state index is 0.107. The van der Waals surface area contributed by atoms with E-state index in [0.717, 1.165) is 45.1 Å². The number of carbonyl (C=O) groups excluding carboxylic acids is 1. The molecule has 0 radical (unpaired) electrons. The Labute approximate surface area is 151 Å². The van der Waals surface area contributed by atoms with Gasteiger partial charge in [-0.05, 0) is 50.8 Å². The molecule has 2 saturated heterocycles. The fraction of sp³-hybridized carbons (Fsp3) is 0.650. The highest BCUT2D eigenvalue weighted by molar-refractivity contribution is 5.74. The largest absolute Gasteiger partial charge is 0.338 e. The molecule has 2 aliphatic rings. The number of carbonyl (C=O) groups is 1. The van der Waals surface area contributed by atoms with Crippen molar-refractivity contribution in [3.63, 3.8) is 0 Å². The molecule has 5 heteroatoms. The summed E-state index contributed by atoms with van der Waals surface area (Å²) >= 11 is 0. The van der Waals surface area contributed by atoms with Gasteiger partial charge in [-0.25, -0.2) is 4.79 Å². The molecule has 0 saturated carbocycles. The lowest BCUT2D eigenvalue weighted by Crippen LogP contribution is -2.55. The van der Waals surface area contributed by atoms with E-state index in [1.165, 1.54) is 31.5 Å². The zero-order valence-corrected chi connectivity index (χ0v) is 15.4. The summed E-state index contributed by atoms with van der Waals surface area (Å²) in [5, 5.41) is 6.45.